The lowest BCUT2D eigenvalue weighted by Gasteiger charge is -2.06. The van der Waals surface area contributed by atoms with Crippen LogP contribution in [0.5, 0.6) is 5.75 Å². The lowest BCUT2D eigenvalue weighted by molar-refractivity contribution is 0.295. The molecule has 0 saturated carbocycles. The Morgan fingerprint density at radius 2 is 2.21 bits per heavy atom. The summed E-state index contributed by atoms with van der Waals surface area (Å²) in [6.45, 7) is 2.47. The summed E-state index contributed by atoms with van der Waals surface area (Å²) in [4.78, 5) is 4.22. The van der Waals surface area contributed by atoms with Crippen molar-refractivity contribution in [3.8, 4) is 5.75 Å². The first-order valence-corrected chi connectivity index (χ1v) is 6.72. The molecule has 0 saturated heterocycles. The normalized spacial score (nSPS) is 11.1. The monoisotopic (exact) mass is 274 g/mol. The van der Waals surface area contributed by atoms with Gasteiger partial charge in [0.2, 0.25) is 0 Å². The zero-order valence-electron chi connectivity index (χ0n) is 10.8. The van der Waals surface area contributed by atoms with E-state index < -0.39 is 0 Å². The minimum atomic E-state index is 0.497. The molecular weight excluding hydrogens is 260 g/mol. The first-order valence-electron chi connectivity index (χ1n) is 5.90. The fourth-order valence-electron chi connectivity index (χ4n) is 1.97. The van der Waals surface area contributed by atoms with Crippen LogP contribution < -0.4 is 10.5 Å². The number of nitrogens with zero attached hydrogens (tertiary/aromatic N) is 3. The summed E-state index contributed by atoms with van der Waals surface area (Å²) in [7, 11) is 1.92. The molecule has 0 spiro atoms. The number of nitrogen functional groups attached to an aromatic ring is 1. The van der Waals surface area contributed by atoms with E-state index in [1.165, 1.54) is 11.3 Å². The molecule has 0 aliphatic heterocycles. The predicted octanol–water partition coefficient (Wildman–Crippen LogP) is 2.50. The first kappa shape index (κ1) is 12.0. The first-order chi connectivity index (χ1) is 9.11. The number of rotatable bonds is 3. The van der Waals surface area contributed by atoms with Crippen LogP contribution >= 0.6 is 11.3 Å². The van der Waals surface area contributed by atoms with E-state index in [0.717, 1.165) is 27.4 Å². The Kier molecular flexibility index (Phi) is 2.87. The van der Waals surface area contributed by atoms with Crippen molar-refractivity contribution in [2.75, 3.05) is 5.73 Å². The van der Waals surface area contributed by atoms with E-state index in [9.17, 15) is 0 Å². The molecule has 0 aliphatic carbocycles. The van der Waals surface area contributed by atoms with Crippen molar-refractivity contribution < 1.29 is 4.74 Å². The zero-order valence-corrected chi connectivity index (χ0v) is 11.6. The van der Waals surface area contributed by atoms with Crippen molar-refractivity contribution in [3.05, 3.63) is 35.7 Å². The van der Waals surface area contributed by atoms with E-state index in [4.69, 9.17) is 10.5 Å². The third-order valence-electron chi connectivity index (χ3n) is 2.86. The molecule has 0 aliphatic rings. The van der Waals surface area contributed by atoms with Gasteiger partial charge >= 0.3 is 0 Å². The van der Waals surface area contributed by atoms with Gasteiger partial charge in [-0.05, 0) is 31.2 Å². The van der Waals surface area contributed by atoms with Crippen LogP contribution in [-0.2, 0) is 13.7 Å². The van der Waals surface area contributed by atoms with Gasteiger partial charge in [0.1, 0.15) is 12.4 Å². The van der Waals surface area contributed by atoms with Crippen LogP contribution in [-0.4, -0.2) is 14.8 Å². The van der Waals surface area contributed by atoms with Gasteiger partial charge in [-0.3, -0.25) is 4.68 Å². The molecule has 5 nitrogen and oxygen atoms in total. The average molecular weight is 274 g/mol. The third-order valence-corrected chi connectivity index (χ3v) is 3.71. The lowest BCUT2D eigenvalue weighted by Crippen LogP contribution is -2.02. The van der Waals surface area contributed by atoms with Gasteiger partial charge in [0.25, 0.3) is 0 Å². The summed E-state index contributed by atoms with van der Waals surface area (Å²) in [6.07, 6.45) is 0. The highest BCUT2D eigenvalue weighted by Crippen LogP contribution is 2.27. The number of benzene rings is 1. The van der Waals surface area contributed by atoms with Crippen LogP contribution in [0.1, 0.15) is 11.4 Å². The number of fused-ring (bicyclic) bond motifs is 1. The van der Waals surface area contributed by atoms with Crippen LogP contribution in [0.15, 0.2) is 24.3 Å². The second-order valence-electron chi connectivity index (χ2n) is 4.37. The second kappa shape index (κ2) is 4.55. The molecule has 3 aromatic rings. The molecule has 2 N–H and O–H groups in total. The van der Waals surface area contributed by atoms with E-state index >= 15 is 0 Å². The molecule has 0 atom stereocenters. The Morgan fingerprint density at radius 3 is 2.95 bits per heavy atom. The van der Waals surface area contributed by atoms with Crippen LogP contribution in [0.3, 0.4) is 0 Å². The maximum Gasteiger partial charge on any atom is 0.181 e. The van der Waals surface area contributed by atoms with Gasteiger partial charge in [-0.2, -0.15) is 5.10 Å². The highest BCUT2D eigenvalue weighted by atomic mass is 32.1. The van der Waals surface area contributed by atoms with Crippen LogP contribution in [0.4, 0.5) is 5.13 Å². The second-order valence-corrected chi connectivity index (χ2v) is 5.43. The topological polar surface area (TPSA) is 66.0 Å². The Hall–Kier alpha value is -2.08. The Morgan fingerprint density at radius 1 is 1.37 bits per heavy atom. The summed E-state index contributed by atoms with van der Waals surface area (Å²) in [5.74, 6) is 0.815. The fraction of sp³-hybridized carbons (Fsp3) is 0.231. The van der Waals surface area contributed by atoms with E-state index in [1.807, 2.05) is 42.9 Å². The molecule has 2 heterocycles. The van der Waals surface area contributed by atoms with Gasteiger partial charge in [-0.25, -0.2) is 4.98 Å². The van der Waals surface area contributed by atoms with Crippen molar-refractivity contribution >= 4 is 26.7 Å². The van der Waals surface area contributed by atoms with Gasteiger partial charge < -0.3 is 10.5 Å². The molecule has 6 heteroatoms. The molecule has 0 unspecified atom stereocenters. The zero-order chi connectivity index (χ0) is 13.4. The van der Waals surface area contributed by atoms with Crippen LogP contribution in [0.25, 0.3) is 10.2 Å². The molecule has 0 fully saturated rings. The molecule has 0 bridgehead atoms. The van der Waals surface area contributed by atoms with Crippen molar-refractivity contribution in [1.82, 2.24) is 14.8 Å². The molecule has 1 aromatic carbocycles. The number of thiazole rings is 1. The number of nitrogens with two attached hydrogens (primary N) is 1. The van der Waals surface area contributed by atoms with Gasteiger partial charge in [-0.15, -0.1) is 0 Å². The van der Waals surface area contributed by atoms with E-state index in [-0.39, 0.29) is 0 Å². The van der Waals surface area contributed by atoms with Crippen LogP contribution in [0, 0.1) is 6.92 Å². The van der Waals surface area contributed by atoms with E-state index in [0.29, 0.717) is 11.7 Å². The number of hydrogen-bond acceptors (Lipinski definition) is 5. The van der Waals surface area contributed by atoms with Crippen molar-refractivity contribution in [2.24, 2.45) is 7.05 Å². The number of hydrogen-bond donors (Lipinski definition) is 1. The minimum Gasteiger partial charge on any atom is -0.487 e. The van der Waals surface area contributed by atoms with Gasteiger partial charge in [-0.1, -0.05) is 11.3 Å². The molecule has 3 rings (SSSR count). The quantitative estimate of drug-likeness (QED) is 0.797. The highest BCUT2D eigenvalue weighted by Gasteiger charge is 2.05. The van der Waals surface area contributed by atoms with Crippen molar-refractivity contribution in [1.29, 1.82) is 0 Å². The maximum atomic E-state index is 5.78. The molecule has 19 heavy (non-hydrogen) atoms. The van der Waals surface area contributed by atoms with Gasteiger partial charge in [0.05, 0.1) is 21.6 Å². The Balaban J connectivity index is 1.79. The molecule has 2 aromatic heterocycles. The van der Waals surface area contributed by atoms with Crippen molar-refractivity contribution in [2.45, 2.75) is 13.5 Å². The van der Waals surface area contributed by atoms with Gasteiger partial charge in [0.15, 0.2) is 5.13 Å². The molecule has 0 radical (unpaired) electrons. The average Bonchev–Trinajstić information content (AvgIpc) is 2.87. The van der Waals surface area contributed by atoms with Gasteiger partial charge in [0, 0.05) is 7.05 Å². The minimum absolute atomic E-state index is 0.497. The summed E-state index contributed by atoms with van der Waals surface area (Å²) < 4.78 is 8.65. The maximum absolute atomic E-state index is 5.78. The molecule has 98 valence electrons. The highest BCUT2D eigenvalue weighted by molar-refractivity contribution is 7.22. The lowest BCUT2D eigenvalue weighted by atomic mass is 10.3. The van der Waals surface area contributed by atoms with E-state index in [2.05, 4.69) is 10.1 Å². The van der Waals surface area contributed by atoms with Crippen LogP contribution in [0.2, 0.25) is 0 Å². The summed E-state index contributed by atoms with van der Waals surface area (Å²) in [6, 6.07) is 7.81. The Bertz CT molecular complexity index is 731. The third kappa shape index (κ3) is 2.39. The summed E-state index contributed by atoms with van der Waals surface area (Å²) in [5.41, 5.74) is 8.63. The fourth-order valence-corrected chi connectivity index (χ4v) is 2.73. The smallest absolute Gasteiger partial charge is 0.181 e. The molecular formula is C13H14N4OS. The number of aromatic nitrogens is 3. The number of aryl methyl sites for hydroxylation is 2. The SMILES string of the molecule is Cc1cc(COc2ccc3nc(N)sc3c2)n(C)n1. The number of ether oxygens (including phenoxy) is 1. The molecule has 0 amide bonds. The summed E-state index contributed by atoms with van der Waals surface area (Å²) in [5, 5.41) is 4.87. The summed E-state index contributed by atoms with van der Waals surface area (Å²) >= 11 is 1.46. The van der Waals surface area contributed by atoms with E-state index in [1.54, 1.807) is 0 Å². The Labute approximate surface area is 114 Å². The largest absolute Gasteiger partial charge is 0.487 e. The predicted molar refractivity (Wildman–Crippen MR) is 76.3 cm³/mol. The number of anilines is 1. The standard InChI is InChI=1S/C13H14N4OS/c1-8-5-9(17(2)16-8)7-18-10-3-4-11-12(6-10)19-13(14)15-11/h3-6H,7H2,1-2H3,(H2,14,15). The van der Waals surface area contributed by atoms with Crippen molar-refractivity contribution in [3.63, 3.8) is 0 Å².